The molecule has 0 saturated carbocycles. The minimum Gasteiger partial charge on any atom is -0.493 e. The number of hydrogen-bond donors (Lipinski definition) is 2. The molecule has 1 aliphatic heterocycles. The maximum absolute atomic E-state index is 5.84. The molecule has 4 nitrogen and oxygen atoms in total. The van der Waals surface area contributed by atoms with Crippen LogP contribution in [0.2, 0.25) is 5.15 Å². The summed E-state index contributed by atoms with van der Waals surface area (Å²) in [5.74, 6) is 6.68. The molecule has 0 aliphatic carbocycles. The lowest BCUT2D eigenvalue weighted by Gasteiger charge is -2.25. The molecular weight excluding hydrogens is 274 g/mol. The van der Waals surface area contributed by atoms with Crippen LogP contribution in [0.4, 0.5) is 0 Å². The smallest absolute Gasteiger partial charge is 0.129 e. The maximum atomic E-state index is 5.84. The molecule has 0 saturated heterocycles. The Morgan fingerprint density at radius 3 is 2.95 bits per heavy atom. The van der Waals surface area contributed by atoms with Gasteiger partial charge in [0.2, 0.25) is 0 Å². The SMILES string of the molecule is NNC(c1ccc(Cl)nc1)c1cccc2c1OCCC2. The van der Waals surface area contributed by atoms with Crippen molar-refractivity contribution in [1.82, 2.24) is 10.4 Å². The Hall–Kier alpha value is -1.62. The Morgan fingerprint density at radius 1 is 1.30 bits per heavy atom. The molecule has 0 radical (unpaired) electrons. The summed E-state index contributed by atoms with van der Waals surface area (Å²) in [5, 5.41) is 0.468. The number of nitrogens with zero attached hydrogens (tertiary/aromatic N) is 1. The van der Waals surface area contributed by atoms with Crippen LogP contribution in [0.15, 0.2) is 36.5 Å². The van der Waals surface area contributed by atoms with Crippen molar-refractivity contribution in [3.05, 3.63) is 58.4 Å². The van der Waals surface area contributed by atoms with Crippen molar-refractivity contribution in [2.45, 2.75) is 18.9 Å². The number of ether oxygens (including phenoxy) is 1. The van der Waals surface area contributed by atoms with Gasteiger partial charge in [0.1, 0.15) is 10.9 Å². The molecule has 3 rings (SSSR count). The van der Waals surface area contributed by atoms with Gasteiger partial charge in [-0.1, -0.05) is 35.9 Å². The lowest BCUT2D eigenvalue weighted by molar-refractivity contribution is 0.283. The Labute approximate surface area is 122 Å². The highest BCUT2D eigenvalue weighted by Gasteiger charge is 2.21. The van der Waals surface area contributed by atoms with Gasteiger partial charge < -0.3 is 4.74 Å². The molecule has 104 valence electrons. The summed E-state index contributed by atoms with van der Waals surface area (Å²) in [4.78, 5) is 4.11. The zero-order valence-corrected chi connectivity index (χ0v) is 11.7. The Kier molecular flexibility index (Phi) is 3.87. The zero-order chi connectivity index (χ0) is 13.9. The topological polar surface area (TPSA) is 60.2 Å². The van der Waals surface area contributed by atoms with E-state index >= 15 is 0 Å². The molecule has 1 aromatic heterocycles. The number of halogens is 1. The molecule has 2 heterocycles. The van der Waals surface area contributed by atoms with Crippen molar-refractivity contribution in [1.29, 1.82) is 0 Å². The molecule has 3 N–H and O–H groups in total. The fourth-order valence-corrected chi connectivity index (χ4v) is 2.68. The van der Waals surface area contributed by atoms with Gasteiger partial charge in [0.05, 0.1) is 12.6 Å². The standard InChI is InChI=1S/C15H16ClN3O/c16-13-7-6-11(9-18-13)14(19-17)12-5-1-3-10-4-2-8-20-15(10)12/h1,3,5-7,9,14,19H,2,4,8,17H2. The van der Waals surface area contributed by atoms with Gasteiger partial charge in [0.25, 0.3) is 0 Å². The van der Waals surface area contributed by atoms with Gasteiger partial charge in [-0.25, -0.2) is 10.4 Å². The molecule has 0 fully saturated rings. The second kappa shape index (κ2) is 5.79. The first-order valence-electron chi connectivity index (χ1n) is 6.62. The van der Waals surface area contributed by atoms with Crippen LogP contribution < -0.4 is 16.0 Å². The number of aromatic nitrogens is 1. The van der Waals surface area contributed by atoms with Gasteiger partial charge in [0.15, 0.2) is 0 Å². The van der Waals surface area contributed by atoms with Crippen LogP contribution in [0.5, 0.6) is 5.75 Å². The Balaban J connectivity index is 2.03. The molecule has 0 bridgehead atoms. The van der Waals surface area contributed by atoms with Crippen LogP contribution in [-0.2, 0) is 6.42 Å². The summed E-state index contributed by atoms with van der Waals surface area (Å²) in [5.41, 5.74) is 6.07. The van der Waals surface area contributed by atoms with Crippen molar-refractivity contribution in [2.24, 2.45) is 5.84 Å². The number of rotatable bonds is 3. The first-order chi connectivity index (χ1) is 9.79. The number of fused-ring (bicyclic) bond motifs is 1. The van der Waals surface area contributed by atoms with E-state index in [1.54, 1.807) is 12.3 Å². The van der Waals surface area contributed by atoms with Crippen molar-refractivity contribution in [3.63, 3.8) is 0 Å². The van der Waals surface area contributed by atoms with Gasteiger partial charge in [-0.2, -0.15) is 0 Å². The summed E-state index contributed by atoms with van der Waals surface area (Å²) < 4.78 is 5.84. The van der Waals surface area contributed by atoms with Gasteiger partial charge >= 0.3 is 0 Å². The van der Waals surface area contributed by atoms with E-state index < -0.39 is 0 Å². The molecule has 0 amide bonds. The lowest BCUT2D eigenvalue weighted by Crippen LogP contribution is -2.30. The molecule has 1 aliphatic rings. The van der Waals surface area contributed by atoms with Crippen molar-refractivity contribution < 1.29 is 4.74 Å². The normalized spacial score (nSPS) is 15.3. The van der Waals surface area contributed by atoms with Crippen molar-refractivity contribution >= 4 is 11.6 Å². The van der Waals surface area contributed by atoms with Crippen molar-refractivity contribution in [2.75, 3.05) is 6.61 Å². The first kappa shape index (κ1) is 13.4. The third-order valence-corrected chi connectivity index (χ3v) is 3.75. The van der Waals surface area contributed by atoms with E-state index in [1.807, 2.05) is 18.2 Å². The predicted molar refractivity (Wildman–Crippen MR) is 78.7 cm³/mol. The highest BCUT2D eigenvalue weighted by atomic mass is 35.5. The molecule has 2 aromatic rings. The third-order valence-electron chi connectivity index (χ3n) is 3.53. The van der Waals surface area contributed by atoms with E-state index in [9.17, 15) is 0 Å². The monoisotopic (exact) mass is 289 g/mol. The van der Waals surface area contributed by atoms with E-state index in [4.69, 9.17) is 22.2 Å². The summed E-state index contributed by atoms with van der Waals surface area (Å²) >= 11 is 5.83. The summed E-state index contributed by atoms with van der Waals surface area (Å²) in [6, 6.07) is 9.69. The largest absolute Gasteiger partial charge is 0.493 e. The van der Waals surface area contributed by atoms with Crippen LogP contribution in [0.3, 0.4) is 0 Å². The molecular formula is C15H16ClN3O. The third kappa shape index (κ3) is 2.50. The highest BCUT2D eigenvalue weighted by Crippen LogP contribution is 2.35. The molecule has 1 aromatic carbocycles. The predicted octanol–water partition coefficient (Wildman–Crippen LogP) is 2.61. The number of hydrogen-bond acceptors (Lipinski definition) is 4. The van der Waals surface area contributed by atoms with Gasteiger partial charge in [-0.15, -0.1) is 0 Å². The zero-order valence-electron chi connectivity index (χ0n) is 11.0. The van der Waals surface area contributed by atoms with Crippen LogP contribution in [0.25, 0.3) is 0 Å². The fourth-order valence-electron chi connectivity index (χ4n) is 2.57. The number of nitrogens with one attached hydrogen (secondary N) is 1. The second-order valence-electron chi connectivity index (χ2n) is 4.80. The molecule has 1 atom stereocenters. The summed E-state index contributed by atoms with van der Waals surface area (Å²) in [7, 11) is 0. The number of aryl methyl sites for hydroxylation is 1. The van der Waals surface area contributed by atoms with Crippen LogP contribution >= 0.6 is 11.6 Å². The molecule has 0 spiro atoms. The van der Waals surface area contributed by atoms with Crippen molar-refractivity contribution in [3.8, 4) is 5.75 Å². The van der Waals surface area contributed by atoms with Crippen LogP contribution in [0.1, 0.15) is 29.2 Å². The van der Waals surface area contributed by atoms with E-state index in [2.05, 4.69) is 16.5 Å². The van der Waals surface area contributed by atoms with Gasteiger partial charge in [-0.3, -0.25) is 5.84 Å². The molecule has 20 heavy (non-hydrogen) atoms. The van der Waals surface area contributed by atoms with E-state index in [-0.39, 0.29) is 6.04 Å². The number of benzene rings is 1. The minimum absolute atomic E-state index is 0.159. The number of hydrazine groups is 1. The average Bonchev–Trinajstić information content (AvgIpc) is 2.50. The van der Waals surface area contributed by atoms with Gasteiger partial charge in [0, 0.05) is 11.8 Å². The van der Waals surface area contributed by atoms with E-state index in [1.165, 1.54) is 5.56 Å². The average molecular weight is 290 g/mol. The highest BCUT2D eigenvalue weighted by molar-refractivity contribution is 6.29. The van der Waals surface area contributed by atoms with Crippen LogP contribution in [0, 0.1) is 0 Å². The number of nitrogens with two attached hydrogens (primary N) is 1. The summed E-state index contributed by atoms with van der Waals surface area (Å²) in [6.07, 6.45) is 3.83. The summed E-state index contributed by atoms with van der Waals surface area (Å²) in [6.45, 7) is 0.750. The Bertz CT molecular complexity index is 601. The van der Waals surface area contributed by atoms with Gasteiger partial charge in [-0.05, 0) is 30.0 Å². The fraction of sp³-hybridized carbons (Fsp3) is 0.267. The second-order valence-corrected chi connectivity index (χ2v) is 5.19. The van der Waals surface area contributed by atoms with E-state index in [0.717, 1.165) is 36.3 Å². The Morgan fingerprint density at radius 2 is 2.20 bits per heavy atom. The molecule has 1 unspecified atom stereocenters. The maximum Gasteiger partial charge on any atom is 0.129 e. The number of para-hydroxylation sites is 1. The first-order valence-corrected chi connectivity index (χ1v) is 6.99. The van der Waals surface area contributed by atoms with Crippen LogP contribution in [-0.4, -0.2) is 11.6 Å². The number of pyridine rings is 1. The quantitative estimate of drug-likeness (QED) is 0.518. The lowest BCUT2D eigenvalue weighted by atomic mass is 9.95. The minimum atomic E-state index is -0.159. The van der Waals surface area contributed by atoms with E-state index in [0.29, 0.717) is 5.15 Å². The molecule has 5 heteroatoms.